The number of hydrogen-bond donors (Lipinski definition) is 1. The number of piperazine rings is 1. The first-order valence-electron chi connectivity index (χ1n) is 12.7. The van der Waals surface area contributed by atoms with Gasteiger partial charge in [0.15, 0.2) is 6.04 Å². The van der Waals surface area contributed by atoms with Gasteiger partial charge in [-0.1, -0.05) is 78.9 Å². The molecule has 3 aliphatic heterocycles. The number of carboxylic acids is 1. The minimum atomic E-state index is -1.20. The molecule has 0 aromatic heterocycles. The maximum absolute atomic E-state index is 14.3. The van der Waals surface area contributed by atoms with E-state index in [0.29, 0.717) is 12.8 Å². The maximum Gasteiger partial charge on any atom is 0.410 e. The highest BCUT2D eigenvalue weighted by atomic mass is 16.6. The van der Waals surface area contributed by atoms with Crippen LogP contribution in [-0.2, 0) is 16.1 Å². The number of ether oxygens (including phenoxy) is 1. The highest BCUT2D eigenvalue weighted by molar-refractivity contribution is 6.06. The molecule has 3 aromatic carbocycles. The lowest BCUT2D eigenvalue weighted by atomic mass is 10.0. The number of para-hydroxylation sites is 2. The first kappa shape index (κ1) is 23.8. The Morgan fingerprint density at radius 2 is 1.42 bits per heavy atom. The van der Waals surface area contributed by atoms with Gasteiger partial charge in [0, 0.05) is 6.54 Å². The monoisotopic (exact) mass is 509 g/mol. The van der Waals surface area contributed by atoms with Crippen molar-refractivity contribution in [3.05, 3.63) is 95.6 Å². The molecule has 3 aliphatic rings. The summed E-state index contributed by atoms with van der Waals surface area (Å²) in [5, 5.41) is 10.2. The number of aliphatic carboxylic acids is 1. The Kier molecular flexibility index (Phi) is 6.07. The van der Waals surface area contributed by atoms with Gasteiger partial charge in [0.2, 0.25) is 0 Å². The van der Waals surface area contributed by atoms with Crippen LogP contribution in [0.4, 0.5) is 21.0 Å². The molecule has 3 heterocycles. The fraction of sp³-hybridized carbons (Fsp3) is 0.233. The van der Waals surface area contributed by atoms with Gasteiger partial charge >= 0.3 is 18.1 Å². The summed E-state index contributed by atoms with van der Waals surface area (Å²) in [4.78, 5) is 44.6. The van der Waals surface area contributed by atoms with Crippen molar-refractivity contribution in [1.29, 1.82) is 0 Å². The zero-order valence-electron chi connectivity index (χ0n) is 20.6. The molecule has 0 saturated carbocycles. The third kappa shape index (κ3) is 4.08. The van der Waals surface area contributed by atoms with Crippen molar-refractivity contribution in [2.24, 2.45) is 0 Å². The van der Waals surface area contributed by atoms with Gasteiger partial charge in [-0.15, -0.1) is 0 Å². The molecule has 3 aromatic rings. The SMILES string of the molecule is O=C(O)[C@@H]1[C@H]2CC[C@@H](CN1C(=O)OCc1ccccc1)N2C(=O)N1c2ccccc2C=Cc2ccccc21. The molecule has 0 spiro atoms. The van der Waals surface area contributed by atoms with Crippen molar-refractivity contribution in [3.63, 3.8) is 0 Å². The Balaban J connectivity index is 1.31. The number of fused-ring (bicyclic) bond motifs is 4. The number of nitrogens with zero attached hydrogens (tertiary/aromatic N) is 3. The highest BCUT2D eigenvalue weighted by Gasteiger charge is 2.54. The Morgan fingerprint density at radius 3 is 2.05 bits per heavy atom. The van der Waals surface area contributed by atoms with Gasteiger partial charge in [-0.05, 0) is 41.7 Å². The van der Waals surface area contributed by atoms with Crippen LogP contribution in [0.5, 0.6) is 0 Å². The van der Waals surface area contributed by atoms with Crippen molar-refractivity contribution in [2.75, 3.05) is 11.4 Å². The zero-order valence-corrected chi connectivity index (χ0v) is 20.6. The molecule has 2 fully saturated rings. The lowest BCUT2D eigenvalue weighted by molar-refractivity contribution is -0.146. The minimum absolute atomic E-state index is 0.0504. The van der Waals surface area contributed by atoms with E-state index in [9.17, 15) is 19.5 Å². The lowest BCUT2D eigenvalue weighted by Crippen LogP contribution is -2.66. The summed E-state index contributed by atoms with van der Waals surface area (Å²) in [5.41, 5.74) is 4.06. The minimum Gasteiger partial charge on any atom is -0.480 e. The molecule has 1 N–H and O–H groups in total. The number of likely N-dealkylation sites (tertiary alicyclic amines) is 1. The van der Waals surface area contributed by atoms with Crippen LogP contribution in [0.2, 0.25) is 0 Å². The number of urea groups is 1. The summed E-state index contributed by atoms with van der Waals surface area (Å²) >= 11 is 0. The molecule has 8 heteroatoms. The summed E-state index contributed by atoms with van der Waals surface area (Å²) < 4.78 is 5.50. The van der Waals surface area contributed by atoms with Gasteiger partial charge < -0.3 is 14.7 Å². The standard InChI is InChI=1S/C30H27N3O5/c34-28(35)27-26-17-16-23(18-31(27)30(37)38-19-20-8-2-1-3-9-20)32(26)29(36)33-24-12-6-4-10-21(24)14-15-22-11-5-7-13-25(22)33/h1-15,23,26-27H,16-19H2,(H,34,35)/t23-,26+,27-/m0/s1. The van der Waals surface area contributed by atoms with Crippen LogP contribution in [0.25, 0.3) is 12.2 Å². The van der Waals surface area contributed by atoms with Crippen molar-refractivity contribution < 1.29 is 24.2 Å². The average molecular weight is 510 g/mol. The van der Waals surface area contributed by atoms with Gasteiger partial charge in [0.05, 0.1) is 23.5 Å². The van der Waals surface area contributed by atoms with Crippen molar-refractivity contribution in [2.45, 2.75) is 37.6 Å². The molecule has 2 bridgehead atoms. The summed E-state index contributed by atoms with van der Waals surface area (Å²) in [6.45, 7) is 0.150. The van der Waals surface area contributed by atoms with Gasteiger partial charge in [-0.2, -0.15) is 0 Å². The number of anilines is 2. The molecule has 192 valence electrons. The second-order valence-corrected chi connectivity index (χ2v) is 9.75. The maximum atomic E-state index is 14.3. The summed E-state index contributed by atoms with van der Waals surface area (Å²) in [7, 11) is 0. The fourth-order valence-corrected chi connectivity index (χ4v) is 5.83. The quantitative estimate of drug-likeness (QED) is 0.513. The fourth-order valence-electron chi connectivity index (χ4n) is 5.83. The average Bonchev–Trinajstić information content (AvgIpc) is 3.13. The zero-order chi connectivity index (χ0) is 26.2. The van der Waals surface area contributed by atoms with Crippen LogP contribution in [0, 0.1) is 0 Å². The third-order valence-corrected chi connectivity index (χ3v) is 7.56. The van der Waals surface area contributed by atoms with E-state index in [4.69, 9.17) is 4.74 Å². The molecule has 6 rings (SSSR count). The first-order chi connectivity index (χ1) is 18.5. The summed E-state index contributed by atoms with van der Waals surface area (Å²) in [5.74, 6) is -1.15. The normalized spacial score (nSPS) is 21.4. The lowest BCUT2D eigenvalue weighted by Gasteiger charge is -2.45. The predicted molar refractivity (Wildman–Crippen MR) is 143 cm³/mol. The summed E-state index contributed by atoms with van der Waals surface area (Å²) in [6.07, 6.45) is 4.39. The molecule has 3 amide bonds. The number of amides is 3. The predicted octanol–water partition coefficient (Wildman–Crippen LogP) is 5.37. The molecule has 8 nitrogen and oxygen atoms in total. The molecule has 2 saturated heterocycles. The number of carbonyl (C=O) groups is 3. The Bertz CT molecular complexity index is 1370. The van der Waals surface area contributed by atoms with Gasteiger partial charge in [0.25, 0.3) is 0 Å². The topological polar surface area (TPSA) is 90.4 Å². The van der Waals surface area contributed by atoms with E-state index in [2.05, 4.69) is 0 Å². The van der Waals surface area contributed by atoms with Crippen molar-refractivity contribution >= 4 is 41.6 Å². The second-order valence-electron chi connectivity index (χ2n) is 9.75. The molecular weight excluding hydrogens is 482 g/mol. The second kappa shape index (κ2) is 9.70. The number of hydrogen-bond acceptors (Lipinski definition) is 4. The number of carbonyl (C=O) groups excluding carboxylic acids is 2. The van der Waals surface area contributed by atoms with Crippen LogP contribution in [0.15, 0.2) is 78.9 Å². The van der Waals surface area contributed by atoms with E-state index in [1.807, 2.05) is 91.0 Å². The Labute approximate surface area is 220 Å². The Morgan fingerprint density at radius 1 is 0.816 bits per heavy atom. The van der Waals surface area contributed by atoms with Crippen LogP contribution in [0.3, 0.4) is 0 Å². The van der Waals surface area contributed by atoms with Crippen molar-refractivity contribution in [1.82, 2.24) is 9.80 Å². The number of benzene rings is 3. The molecule has 0 radical (unpaired) electrons. The van der Waals surface area contributed by atoms with E-state index in [0.717, 1.165) is 28.1 Å². The van der Waals surface area contributed by atoms with E-state index >= 15 is 0 Å². The number of rotatable bonds is 3. The van der Waals surface area contributed by atoms with E-state index in [1.165, 1.54) is 4.90 Å². The van der Waals surface area contributed by atoms with Gasteiger partial charge in [-0.25, -0.2) is 14.4 Å². The number of carboxylic acid groups (broad SMARTS) is 1. The van der Waals surface area contributed by atoms with Gasteiger partial charge in [-0.3, -0.25) is 9.80 Å². The van der Waals surface area contributed by atoms with Crippen molar-refractivity contribution in [3.8, 4) is 0 Å². The Hall–Kier alpha value is -4.59. The van der Waals surface area contributed by atoms with Gasteiger partial charge in [0.1, 0.15) is 6.61 Å². The highest BCUT2D eigenvalue weighted by Crippen LogP contribution is 2.41. The molecule has 3 atom stereocenters. The van der Waals surface area contributed by atoms with Crippen LogP contribution >= 0.6 is 0 Å². The van der Waals surface area contributed by atoms with Crippen LogP contribution in [-0.4, -0.2) is 57.7 Å². The largest absolute Gasteiger partial charge is 0.480 e. The molecule has 0 aliphatic carbocycles. The summed E-state index contributed by atoms with van der Waals surface area (Å²) in [6, 6.07) is 22.1. The van der Waals surface area contributed by atoms with Crippen LogP contribution in [0.1, 0.15) is 29.5 Å². The molecular formula is C30H27N3O5. The van der Waals surface area contributed by atoms with E-state index in [-0.39, 0.29) is 25.2 Å². The smallest absolute Gasteiger partial charge is 0.410 e. The van der Waals surface area contributed by atoms with E-state index in [1.54, 1.807) is 9.80 Å². The van der Waals surface area contributed by atoms with E-state index < -0.39 is 24.1 Å². The molecule has 38 heavy (non-hydrogen) atoms. The first-order valence-corrected chi connectivity index (χ1v) is 12.7. The molecule has 0 unspecified atom stereocenters. The third-order valence-electron chi connectivity index (χ3n) is 7.56. The van der Waals surface area contributed by atoms with Crippen LogP contribution < -0.4 is 4.90 Å².